The summed E-state index contributed by atoms with van der Waals surface area (Å²) in [6, 6.07) is 0. The Morgan fingerprint density at radius 2 is 2.25 bits per heavy atom. The topological polar surface area (TPSA) is 67.2 Å². The second kappa shape index (κ2) is 6.17. The fourth-order valence-corrected chi connectivity index (χ4v) is 2.68. The molecular formula is C14H22N4O2. The average Bonchev–Trinajstić information content (AvgIpc) is 2.65. The van der Waals surface area contributed by atoms with Crippen molar-refractivity contribution in [3.8, 4) is 0 Å². The second-order valence-electron chi connectivity index (χ2n) is 5.49. The lowest BCUT2D eigenvalue weighted by Crippen LogP contribution is -2.40. The van der Waals surface area contributed by atoms with Crippen LogP contribution < -0.4 is 5.32 Å². The summed E-state index contributed by atoms with van der Waals surface area (Å²) >= 11 is 0. The van der Waals surface area contributed by atoms with Gasteiger partial charge in [-0.3, -0.25) is 14.4 Å². The molecule has 1 atom stereocenters. The average molecular weight is 278 g/mol. The van der Waals surface area contributed by atoms with Crippen LogP contribution in [0.5, 0.6) is 0 Å². The molecule has 0 bridgehead atoms. The van der Waals surface area contributed by atoms with Gasteiger partial charge in [0.2, 0.25) is 5.91 Å². The van der Waals surface area contributed by atoms with E-state index in [1.807, 2.05) is 25.8 Å². The quantitative estimate of drug-likeness (QED) is 0.831. The molecule has 0 saturated carbocycles. The van der Waals surface area contributed by atoms with Crippen molar-refractivity contribution in [1.29, 1.82) is 0 Å². The summed E-state index contributed by atoms with van der Waals surface area (Å²) in [6.45, 7) is 5.70. The minimum Gasteiger partial charge on any atom is -0.322 e. The lowest BCUT2D eigenvalue weighted by molar-refractivity contribution is -0.119. The molecule has 0 aromatic carbocycles. The smallest absolute Gasteiger partial charge is 0.238 e. The Balaban J connectivity index is 1.94. The zero-order chi connectivity index (χ0) is 14.7. The Bertz CT molecular complexity index is 510. The number of rotatable bonds is 4. The Hall–Kier alpha value is -1.69. The molecule has 1 aliphatic rings. The van der Waals surface area contributed by atoms with Crippen LogP contribution >= 0.6 is 0 Å². The summed E-state index contributed by atoms with van der Waals surface area (Å²) < 4.78 is 1.76. The van der Waals surface area contributed by atoms with E-state index in [0.717, 1.165) is 42.7 Å². The van der Waals surface area contributed by atoms with Crippen LogP contribution in [0.15, 0.2) is 0 Å². The van der Waals surface area contributed by atoms with Gasteiger partial charge in [-0.25, -0.2) is 0 Å². The standard InChI is InChI=1S/C14H22N4O2/c1-10-14(11(2)17(3)16-10)15-13(20)8-18-6-4-5-12(7-18)9-19/h9,12H,4-8H2,1-3H3,(H,15,20). The van der Waals surface area contributed by atoms with E-state index in [-0.39, 0.29) is 11.8 Å². The van der Waals surface area contributed by atoms with Crippen LogP contribution in [0.3, 0.4) is 0 Å². The first kappa shape index (κ1) is 14.7. The maximum atomic E-state index is 12.1. The van der Waals surface area contributed by atoms with E-state index in [2.05, 4.69) is 10.4 Å². The van der Waals surface area contributed by atoms with E-state index in [9.17, 15) is 9.59 Å². The minimum absolute atomic E-state index is 0.0456. The number of hydrogen-bond acceptors (Lipinski definition) is 4. The molecule has 6 nitrogen and oxygen atoms in total. The van der Waals surface area contributed by atoms with Crippen molar-refractivity contribution in [2.24, 2.45) is 13.0 Å². The second-order valence-corrected chi connectivity index (χ2v) is 5.49. The molecule has 2 heterocycles. The summed E-state index contributed by atoms with van der Waals surface area (Å²) in [5.41, 5.74) is 2.56. The van der Waals surface area contributed by atoms with Crippen LogP contribution in [0.1, 0.15) is 24.2 Å². The van der Waals surface area contributed by atoms with Crippen LogP contribution in [0.2, 0.25) is 0 Å². The third-order valence-electron chi connectivity index (χ3n) is 3.88. The van der Waals surface area contributed by atoms with Crippen LogP contribution in [-0.4, -0.2) is 46.5 Å². The number of nitrogens with one attached hydrogen (secondary N) is 1. The summed E-state index contributed by atoms with van der Waals surface area (Å²) in [4.78, 5) is 25.0. The monoisotopic (exact) mass is 278 g/mol. The molecule has 1 N–H and O–H groups in total. The molecule has 2 rings (SSSR count). The van der Waals surface area contributed by atoms with Gasteiger partial charge >= 0.3 is 0 Å². The van der Waals surface area contributed by atoms with Crippen LogP contribution in [0, 0.1) is 19.8 Å². The van der Waals surface area contributed by atoms with E-state index >= 15 is 0 Å². The van der Waals surface area contributed by atoms with Crippen molar-refractivity contribution < 1.29 is 9.59 Å². The Kier molecular flexibility index (Phi) is 4.54. The number of aldehydes is 1. The normalized spacial score (nSPS) is 19.9. The van der Waals surface area contributed by atoms with Crippen LogP contribution in [0.25, 0.3) is 0 Å². The number of aromatic nitrogens is 2. The van der Waals surface area contributed by atoms with E-state index in [4.69, 9.17) is 0 Å². The molecule has 1 aliphatic heterocycles. The molecule has 20 heavy (non-hydrogen) atoms. The SMILES string of the molecule is Cc1nn(C)c(C)c1NC(=O)CN1CCCC(C=O)C1. The molecule has 1 unspecified atom stereocenters. The lowest BCUT2D eigenvalue weighted by atomic mass is 10.00. The summed E-state index contributed by atoms with van der Waals surface area (Å²) in [5.74, 6) is 0.0224. The predicted octanol–water partition coefficient (Wildman–Crippen LogP) is 0.886. The highest BCUT2D eigenvalue weighted by Crippen LogP contribution is 2.19. The van der Waals surface area contributed by atoms with Gasteiger partial charge in [-0.05, 0) is 33.2 Å². The molecule has 1 amide bonds. The molecular weight excluding hydrogens is 256 g/mol. The molecule has 0 spiro atoms. The third kappa shape index (κ3) is 3.25. The van der Waals surface area contributed by atoms with Crippen molar-refractivity contribution in [2.75, 3.05) is 25.0 Å². The molecule has 6 heteroatoms. The Morgan fingerprint density at radius 3 is 2.85 bits per heavy atom. The fourth-order valence-electron chi connectivity index (χ4n) is 2.68. The van der Waals surface area contributed by atoms with E-state index in [1.165, 1.54) is 0 Å². The number of carbonyl (C=O) groups excluding carboxylic acids is 2. The maximum Gasteiger partial charge on any atom is 0.238 e. The van der Waals surface area contributed by atoms with Gasteiger partial charge in [0.05, 0.1) is 23.6 Å². The van der Waals surface area contributed by atoms with E-state index in [0.29, 0.717) is 13.1 Å². The van der Waals surface area contributed by atoms with Crippen molar-refractivity contribution in [2.45, 2.75) is 26.7 Å². The predicted molar refractivity (Wildman–Crippen MR) is 76.5 cm³/mol. The molecule has 110 valence electrons. The van der Waals surface area contributed by atoms with Gasteiger partial charge in [-0.1, -0.05) is 0 Å². The number of hydrogen-bond donors (Lipinski definition) is 1. The van der Waals surface area contributed by atoms with Gasteiger partial charge in [0.1, 0.15) is 6.29 Å². The number of amides is 1. The summed E-state index contributed by atoms with van der Waals surface area (Å²) in [6.07, 6.45) is 2.91. The molecule has 0 radical (unpaired) electrons. The summed E-state index contributed by atoms with van der Waals surface area (Å²) in [7, 11) is 1.86. The molecule has 1 aromatic heterocycles. The maximum absolute atomic E-state index is 12.1. The van der Waals surface area contributed by atoms with Crippen molar-refractivity contribution in [3.63, 3.8) is 0 Å². The first-order valence-corrected chi connectivity index (χ1v) is 6.99. The number of nitrogens with zero attached hydrogens (tertiary/aromatic N) is 3. The fraction of sp³-hybridized carbons (Fsp3) is 0.643. The number of likely N-dealkylation sites (tertiary alicyclic amines) is 1. The van der Waals surface area contributed by atoms with Crippen molar-refractivity contribution in [1.82, 2.24) is 14.7 Å². The van der Waals surface area contributed by atoms with E-state index < -0.39 is 0 Å². The van der Waals surface area contributed by atoms with Gasteiger partial charge < -0.3 is 10.1 Å². The third-order valence-corrected chi connectivity index (χ3v) is 3.88. The molecule has 1 fully saturated rings. The Labute approximate surface area is 119 Å². The number of carbonyl (C=O) groups is 2. The number of aryl methyl sites for hydroxylation is 2. The largest absolute Gasteiger partial charge is 0.322 e. The van der Waals surface area contributed by atoms with Crippen molar-refractivity contribution >= 4 is 17.9 Å². The van der Waals surface area contributed by atoms with Gasteiger partial charge in [-0.15, -0.1) is 0 Å². The molecule has 1 aromatic rings. The highest BCUT2D eigenvalue weighted by atomic mass is 16.2. The van der Waals surface area contributed by atoms with Crippen LogP contribution in [0.4, 0.5) is 5.69 Å². The zero-order valence-electron chi connectivity index (χ0n) is 12.3. The van der Waals surface area contributed by atoms with Gasteiger partial charge in [0.25, 0.3) is 0 Å². The van der Waals surface area contributed by atoms with Crippen LogP contribution in [-0.2, 0) is 16.6 Å². The zero-order valence-corrected chi connectivity index (χ0v) is 12.3. The molecule has 1 saturated heterocycles. The first-order chi connectivity index (χ1) is 9.51. The Morgan fingerprint density at radius 1 is 1.50 bits per heavy atom. The molecule has 0 aliphatic carbocycles. The highest BCUT2D eigenvalue weighted by Gasteiger charge is 2.21. The number of piperidine rings is 1. The lowest BCUT2D eigenvalue weighted by Gasteiger charge is -2.29. The number of anilines is 1. The van der Waals surface area contributed by atoms with Crippen molar-refractivity contribution in [3.05, 3.63) is 11.4 Å². The first-order valence-electron chi connectivity index (χ1n) is 6.99. The van der Waals surface area contributed by atoms with Gasteiger partial charge in [-0.2, -0.15) is 5.10 Å². The van der Waals surface area contributed by atoms with Gasteiger partial charge in [0, 0.05) is 19.5 Å². The summed E-state index contributed by atoms with van der Waals surface area (Å²) in [5, 5.41) is 7.21. The highest BCUT2D eigenvalue weighted by molar-refractivity contribution is 5.93. The van der Waals surface area contributed by atoms with E-state index in [1.54, 1.807) is 4.68 Å². The van der Waals surface area contributed by atoms with Gasteiger partial charge in [0.15, 0.2) is 0 Å². The minimum atomic E-state index is -0.0456.